The molecule has 3 rings (SSSR count). The van der Waals surface area contributed by atoms with Crippen molar-refractivity contribution in [2.45, 2.75) is 71.6 Å². The second kappa shape index (κ2) is 15.7. The van der Waals surface area contributed by atoms with Crippen LogP contribution >= 0.6 is 0 Å². The highest BCUT2D eigenvalue weighted by Crippen LogP contribution is 2.21. The van der Waals surface area contributed by atoms with Crippen molar-refractivity contribution < 1.29 is 33.4 Å². The molecular formula is C22H37NO7. The summed E-state index contributed by atoms with van der Waals surface area (Å²) in [5, 5.41) is 2.96. The number of Topliss-reactive ketones (excluding diaryl/α,β-unsaturated/α-hetero) is 3. The van der Waals surface area contributed by atoms with Gasteiger partial charge in [0.15, 0.2) is 0 Å². The van der Waals surface area contributed by atoms with E-state index < -0.39 is 17.8 Å². The van der Waals surface area contributed by atoms with Gasteiger partial charge in [-0.25, -0.2) is 0 Å². The largest absolute Gasteiger partial charge is 0.468 e. The second-order valence-corrected chi connectivity index (χ2v) is 7.38. The number of nitrogens with one attached hydrogen (secondary N) is 1. The summed E-state index contributed by atoms with van der Waals surface area (Å²) < 4.78 is 8.96. The van der Waals surface area contributed by atoms with Gasteiger partial charge in [0.05, 0.1) is 14.2 Å². The molecule has 0 spiro atoms. The number of piperidine rings is 1. The van der Waals surface area contributed by atoms with Crippen LogP contribution in [0.4, 0.5) is 0 Å². The number of carbonyl (C=O) groups excluding carboxylic acids is 5. The van der Waals surface area contributed by atoms with Crippen molar-refractivity contribution in [1.82, 2.24) is 5.32 Å². The number of ketones is 3. The molecule has 2 unspecified atom stereocenters. The van der Waals surface area contributed by atoms with E-state index in [9.17, 15) is 24.0 Å². The topological polar surface area (TPSA) is 116 Å². The molecule has 1 heterocycles. The molecule has 2 aliphatic carbocycles. The highest BCUT2D eigenvalue weighted by Gasteiger charge is 2.30. The Hall–Kier alpha value is -2.09. The molecule has 8 heteroatoms. The summed E-state index contributed by atoms with van der Waals surface area (Å²) in [5.41, 5.74) is 0. The maximum Gasteiger partial charge on any atom is 0.317 e. The molecule has 172 valence electrons. The van der Waals surface area contributed by atoms with Crippen molar-refractivity contribution in [3.8, 4) is 0 Å². The molecule has 30 heavy (non-hydrogen) atoms. The van der Waals surface area contributed by atoms with Gasteiger partial charge in [0.1, 0.15) is 29.2 Å². The summed E-state index contributed by atoms with van der Waals surface area (Å²) in [6.07, 6.45) is 8.77. The van der Waals surface area contributed by atoms with Crippen molar-refractivity contribution in [2.24, 2.45) is 11.8 Å². The molecule has 3 fully saturated rings. The lowest BCUT2D eigenvalue weighted by Crippen LogP contribution is -2.41. The van der Waals surface area contributed by atoms with Crippen LogP contribution in [0, 0.1) is 11.8 Å². The minimum absolute atomic E-state index is 0. The fourth-order valence-electron chi connectivity index (χ4n) is 3.42. The first-order valence-corrected chi connectivity index (χ1v) is 10.3. The molecule has 8 nitrogen and oxygen atoms in total. The van der Waals surface area contributed by atoms with E-state index >= 15 is 0 Å². The molecule has 2 saturated carbocycles. The lowest BCUT2D eigenvalue weighted by Gasteiger charge is -2.18. The predicted molar refractivity (Wildman–Crippen MR) is 112 cm³/mol. The molecule has 3 aliphatic rings. The first-order valence-electron chi connectivity index (χ1n) is 10.3. The molecule has 0 amide bonds. The number of hydrogen-bond acceptors (Lipinski definition) is 8. The van der Waals surface area contributed by atoms with Crippen molar-refractivity contribution in [3.63, 3.8) is 0 Å². The zero-order valence-corrected chi connectivity index (χ0v) is 17.5. The zero-order valence-electron chi connectivity index (χ0n) is 17.5. The number of rotatable bonds is 2. The van der Waals surface area contributed by atoms with E-state index in [-0.39, 0.29) is 25.0 Å². The van der Waals surface area contributed by atoms with Crippen molar-refractivity contribution in [3.05, 3.63) is 0 Å². The highest BCUT2D eigenvalue weighted by molar-refractivity contribution is 6.00. The molecule has 1 aliphatic heterocycles. The standard InChI is InChI=1S/C8H12O3.C7H11NO3.C6H10O.CH4/c1-11-8(10)6-4-2-3-5-7(6)9;1-11-7(10)5-4-8-3-2-6(5)9;7-6-4-2-1-3-5-6;/h6H,2-5H2,1H3;5,8H,2-4H2,1H3;1-5H2;1H4. The fourth-order valence-corrected chi connectivity index (χ4v) is 3.42. The third kappa shape index (κ3) is 10.1. The number of esters is 2. The molecular weight excluding hydrogens is 390 g/mol. The number of hydrogen-bond donors (Lipinski definition) is 1. The fraction of sp³-hybridized carbons (Fsp3) is 0.773. The molecule has 1 N–H and O–H groups in total. The summed E-state index contributed by atoms with van der Waals surface area (Å²) in [6.45, 7) is 1.10. The third-order valence-corrected chi connectivity index (χ3v) is 5.22. The van der Waals surface area contributed by atoms with E-state index in [4.69, 9.17) is 0 Å². The molecule has 0 aromatic heterocycles. The third-order valence-electron chi connectivity index (χ3n) is 5.22. The highest BCUT2D eigenvalue weighted by atomic mass is 16.5. The van der Waals surface area contributed by atoms with Crippen LogP contribution in [-0.2, 0) is 33.4 Å². The summed E-state index contributed by atoms with van der Waals surface area (Å²) in [6, 6.07) is 0. The zero-order chi connectivity index (χ0) is 21.6. The summed E-state index contributed by atoms with van der Waals surface area (Å²) in [7, 11) is 2.62. The number of carbonyl (C=O) groups is 5. The van der Waals surface area contributed by atoms with E-state index in [2.05, 4.69) is 14.8 Å². The molecule has 0 aromatic rings. The lowest BCUT2D eigenvalue weighted by molar-refractivity contribution is -0.151. The smallest absolute Gasteiger partial charge is 0.317 e. The van der Waals surface area contributed by atoms with Crippen LogP contribution in [0.1, 0.15) is 71.6 Å². The van der Waals surface area contributed by atoms with Gasteiger partial charge in [-0.05, 0) is 25.7 Å². The monoisotopic (exact) mass is 427 g/mol. The minimum Gasteiger partial charge on any atom is -0.468 e. The van der Waals surface area contributed by atoms with Gasteiger partial charge in [-0.2, -0.15) is 0 Å². The van der Waals surface area contributed by atoms with Crippen molar-refractivity contribution >= 4 is 29.3 Å². The van der Waals surface area contributed by atoms with E-state index in [0.717, 1.165) is 38.5 Å². The normalized spacial score (nSPS) is 23.5. The van der Waals surface area contributed by atoms with Crippen LogP contribution in [-0.4, -0.2) is 56.6 Å². The van der Waals surface area contributed by atoms with Crippen LogP contribution in [0.5, 0.6) is 0 Å². The Morgan fingerprint density at radius 2 is 1.30 bits per heavy atom. The van der Waals surface area contributed by atoms with Gasteiger partial charge in [-0.1, -0.05) is 20.3 Å². The van der Waals surface area contributed by atoms with Crippen LogP contribution in [0.3, 0.4) is 0 Å². The van der Waals surface area contributed by atoms with E-state index in [0.29, 0.717) is 38.1 Å². The van der Waals surface area contributed by atoms with Gasteiger partial charge in [0.2, 0.25) is 0 Å². The van der Waals surface area contributed by atoms with Crippen LogP contribution in [0.2, 0.25) is 0 Å². The molecule has 0 radical (unpaired) electrons. The molecule has 1 saturated heterocycles. The summed E-state index contributed by atoms with van der Waals surface area (Å²) >= 11 is 0. The Morgan fingerprint density at radius 1 is 0.767 bits per heavy atom. The van der Waals surface area contributed by atoms with Crippen molar-refractivity contribution in [1.29, 1.82) is 0 Å². The van der Waals surface area contributed by atoms with Gasteiger partial charge in [0, 0.05) is 38.8 Å². The number of ether oxygens (including phenoxy) is 2. The predicted octanol–water partition coefficient (Wildman–Crippen LogP) is 2.41. The SMILES string of the molecule is C.COC(=O)C1CCCCC1=O.COC(=O)C1CNCCC1=O.O=C1CCCCC1. The average Bonchev–Trinajstić information content (AvgIpc) is 2.75. The first kappa shape index (κ1) is 27.9. The van der Waals surface area contributed by atoms with Gasteiger partial charge in [-0.15, -0.1) is 0 Å². The molecule has 2 atom stereocenters. The van der Waals surface area contributed by atoms with Crippen LogP contribution in [0.15, 0.2) is 0 Å². The van der Waals surface area contributed by atoms with Crippen molar-refractivity contribution in [2.75, 3.05) is 27.3 Å². The Labute approximate surface area is 179 Å². The second-order valence-electron chi connectivity index (χ2n) is 7.38. The maximum atomic E-state index is 11.1. The Balaban J connectivity index is 0.000000424. The Kier molecular flexibility index (Phi) is 14.6. The quantitative estimate of drug-likeness (QED) is 0.528. The first-order chi connectivity index (χ1) is 13.9. The van der Waals surface area contributed by atoms with E-state index in [1.54, 1.807) is 0 Å². The van der Waals surface area contributed by atoms with Gasteiger partial charge < -0.3 is 14.8 Å². The Morgan fingerprint density at radius 3 is 1.77 bits per heavy atom. The van der Waals surface area contributed by atoms with Crippen LogP contribution in [0.25, 0.3) is 0 Å². The average molecular weight is 428 g/mol. The van der Waals surface area contributed by atoms with Gasteiger partial charge in [0.25, 0.3) is 0 Å². The van der Waals surface area contributed by atoms with Gasteiger partial charge >= 0.3 is 11.9 Å². The maximum absolute atomic E-state index is 11.1. The molecule has 0 aromatic carbocycles. The molecule has 0 bridgehead atoms. The summed E-state index contributed by atoms with van der Waals surface area (Å²) in [4.78, 5) is 54.4. The van der Waals surface area contributed by atoms with E-state index in [1.807, 2.05) is 0 Å². The van der Waals surface area contributed by atoms with Crippen LogP contribution < -0.4 is 5.32 Å². The summed E-state index contributed by atoms with van der Waals surface area (Å²) in [5.74, 6) is -1.34. The van der Waals surface area contributed by atoms with E-state index in [1.165, 1.54) is 20.6 Å². The van der Waals surface area contributed by atoms with Gasteiger partial charge in [-0.3, -0.25) is 24.0 Å². The number of methoxy groups -OCH3 is 2. The minimum atomic E-state index is -0.575. The lowest BCUT2D eigenvalue weighted by atomic mass is 9.88. The Bertz CT molecular complexity index is 524.